The minimum absolute atomic E-state index is 0.177. The fourth-order valence-electron chi connectivity index (χ4n) is 2.70. The Morgan fingerprint density at radius 1 is 1.32 bits per heavy atom. The van der Waals surface area contributed by atoms with E-state index >= 15 is 0 Å². The second-order valence-electron chi connectivity index (χ2n) is 5.00. The number of piperazine rings is 1. The Bertz CT molecular complexity index is 516. The average molecular weight is 262 g/mol. The van der Waals surface area contributed by atoms with Crippen LogP contribution < -0.4 is 10.2 Å². The van der Waals surface area contributed by atoms with Crippen molar-refractivity contribution in [3.05, 3.63) is 28.8 Å². The zero-order chi connectivity index (χ0) is 14.2. The molecule has 0 saturated carbocycles. The van der Waals surface area contributed by atoms with Crippen LogP contribution in [0.1, 0.15) is 16.7 Å². The molecule has 19 heavy (non-hydrogen) atoms. The molecule has 1 amide bonds. The van der Waals surface area contributed by atoms with Crippen molar-refractivity contribution < 1.29 is 14.7 Å². The van der Waals surface area contributed by atoms with Crippen molar-refractivity contribution in [2.75, 3.05) is 18.0 Å². The monoisotopic (exact) mass is 262 g/mol. The smallest absolute Gasteiger partial charge is 0.328 e. The lowest BCUT2D eigenvalue weighted by Crippen LogP contribution is -2.58. The van der Waals surface area contributed by atoms with E-state index in [0.717, 1.165) is 22.4 Å². The fraction of sp³-hybridized carbons (Fsp3) is 0.429. The van der Waals surface area contributed by atoms with Crippen LogP contribution >= 0.6 is 0 Å². The van der Waals surface area contributed by atoms with Gasteiger partial charge in [0.05, 0.1) is 12.2 Å². The molecule has 1 aliphatic rings. The topological polar surface area (TPSA) is 69.6 Å². The van der Waals surface area contributed by atoms with Gasteiger partial charge in [-0.1, -0.05) is 17.7 Å². The lowest BCUT2D eigenvalue weighted by atomic mass is 10.0. The van der Waals surface area contributed by atoms with E-state index in [4.69, 9.17) is 0 Å². The van der Waals surface area contributed by atoms with Gasteiger partial charge in [-0.25, -0.2) is 4.79 Å². The standard InChI is InChI=1S/C14H18N2O3/c1-8-4-9(2)13(10(3)5-8)16-11(14(18)19)6-15-7-12(16)17/h4-5,11,15H,6-7H2,1-3H3,(H,18,19). The van der Waals surface area contributed by atoms with E-state index in [0.29, 0.717) is 0 Å². The molecule has 1 saturated heterocycles. The summed E-state index contributed by atoms with van der Waals surface area (Å²) in [7, 11) is 0. The molecule has 1 unspecified atom stereocenters. The van der Waals surface area contributed by atoms with Crippen LogP contribution in [0.3, 0.4) is 0 Å². The first-order chi connectivity index (χ1) is 8.91. The molecule has 0 spiro atoms. The lowest BCUT2D eigenvalue weighted by Gasteiger charge is -2.35. The zero-order valence-corrected chi connectivity index (χ0v) is 11.4. The van der Waals surface area contributed by atoms with Crippen molar-refractivity contribution in [2.45, 2.75) is 26.8 Å². The third kappa shape index (κ3) is 2.46. The molecule has 102 valence electrons. The fourth-order valence-corrected chi connectivity index (χ4v) is 2.70. The third-order valence-corrected chi connectivity index (χ3v) is 3.36. The van der Waals surface area contributed by atoms with Crippen LogP contribution in [0.25, 0.3) is 0 Å². The summed E-state index contributed by atoms with van der Waals surface area (Å²) in [5, 5.41) is 12.1. The molecule has 5 nitrogen and oxygen atoms in total. The minimum atomic E-state index is -0.986. The lowest BCUT2D eigenvalue weighted by molar-refractivity contribution is -0.140. The summed E-state index contributed by atoms with van der Waals surface area (Å²) in [6, 6.07) is 3.09. The van der Waals surface area contributed by atoms with E-state index in [9.17, 15) is 14.7 Å². The predicted octanol–water partition coefficient (Wildman–Crippen LogP) is 1.00. The number of carboxylic acid groups (broad SMARTS) is 1. The van der Waals surface area contributed by atoms with Crippen molar-refractivity contribution in [1.29, 1.82) is 0 Å². The Morgan fingerprint density at radius 3 is 2.42 bits per heavy atom. The van der Waals surface area contributed by atoms with Gasteiger partial charge in [-0.2, -0.15) is 0 Å². The summed E-state index contributed by atoms with van der Waals surface area (Å²) in [5.41, 5.74) is 3.69. The Balaban J connectivity index is 2.53. The van der Waals surface area contributed by atoms with Crippen molar-refractivity contribution in [2.24, 2.45) is 0 Å². The molecule has 1 aromatic carbocycles. The second-order valence-corrected chi connectivity index (χ2v) is 5.00. The van der Waals surface area contributed by atoms with Crippen LogP contribution in [0.4, 0.5) is 5.69 Å². The number of benzene rings is 1. The number of carbonyl (C=O) groups excluding carboxylic acids is 1. The average Bonchev–Trinajstić information content (AvgIpc) is 2.29. The highest BCUT2D eigenvalue weighted by atomic mass is 16.4. The molecule has 1 atom stereocenters. The van der Waals surface area contributed by atoms with Crippen molar-refractivity contribution in [3.63, 3.8) is 0 Å². The number of hydrogen-bond donors (Lipinski definition) is 2. The highest BCUT2D eigenvalue weighted by Crippen LogP contribution is 2.29. The van der Waals surface area contributed by atoms with Gasteiger partial charge in [-0.05, 0) is 31.9 Å². The maximum absolute atomic E-state index is 12.1. The third-order valence-electron chi connectivity index (χ3n) is 3.36. The maximum atomic E-state index is 12.1. The van der Waals surface area contributed by atoms with E-state index in [-0.39, 0.29) is 19.0 Å². The van der Waals surface area contributed by atoms with Crippen LogP contribution in [0.5, 0.6) is 0 Å². The van der Waals surface area contributed by atoms with Gasteiger partial charge < -0.3 is 10.4 Å². The Kier molecular flexibility index (Phi) is 3.57. The Morgan fingerprint density at radius 2 is 1.89 bits per heavy atom. The highest BCUT2D eigenvalue weighted by molar-refractivity contribution is 6.02. The number of hydrogen-bond acceptors (Lipinski definition) is 3. The molecule has 2 N–H and O–H groups in total. The SMILES string of the molecule is Cc1cc(C)c(N2C(=O)CNCC2C(=O)O)c(C)c1. The number of rotatable bonds is 2. The molecule has 1 heterocycles. The van der Waals surface area contributed by atoms with Crippen LogP contribution in [0.2, 0.25) is 0 Å². The van der Waals surface area contributed by atoms with E-state index in [1.54, 1.807) is 0 Å². The van der Waals surface area contributed by atoms with Crippen LogP contribution in [-0.4, -0.2) is 36.1 Å². The van der Waals surface area contributed by atoms with E-state index in [2.05, 4.69) is 5.32 Å². The number of nitrogens with one attached hydrogen (secondary N) is 1. The summed E-state index contributed by atoms with van der Waals surface area (Å²) < 4.78 is 0. The summed E-state index contributed by atoms with van der Waals surface area (Å²) >= 11 is 0. The van der Waals surface area contributed by atoms with Crippen molar-refractivity contribution in [3.8, 4) is 0 Å². The maximum Gasteiger partial charge on any atom is 0.328 e. The number of aliphatic carboxylic acids is 1. The first kappa shape index (κ1) is 13.5. The van der Waals surface area contributed by atoms with Gasteiger partial charge >= 0.3 is 5.97 Å². The number of aryl methyl sites for hydroxylation is 3. The number of carboxylic acids is 1. The molecule has 0 aromatic heterocycles. The Hall–Kier alpha value is -1.88. The second kappa shape index (κ2) is 5.01. The van der Waals surface area contributed by atoms with E-state index in [1.807, 2.05) is 32.9 Å². The van der Waals surface area contributed by atoms with Crippen molar-refractivity contribution >= 4 is 17.6 Å². The van der Waals surface area contributed by atoms with Gasteiger partial charge in [0.25, 0.3) is 0 Å². The quantitative estimate of drug-likeness (QED) is 0.834. The van der Waals surface area contributed by atoms with Crippen molar-refractivity contribution in [1.82, 2.24) is 5.32 Å². The molecule has 5 heteroatoms. The number of nitrogens with zero attached hydrogens (tertiary/aromatic N) is 1. The summed E-state index contributed by atoms with van der Waals surface area (Å²) in [6.45, 7) is 6.25. The molecular weight excluding hydrogens is 244 g/mol. The largest absolute Gasteiger partial charge is 0.480 e. The van der Waals surface area contributed by atoms with Crippen LogP contribution in [0, 0.1) is 20.8 Å². The van der Waals surface area contributed by atoms with Gasteiger partial charge in [0.15, 0.2) is 0 Å². The molecule has 1 aliphatic heterocycles. The first-order valence-corrected chi connectivity index (χ1v) is 6.25. The Labute approximate surface area is 112 Å². The molecule has 0 radical (unpaired) electrons. The molecule has 0 aliphatic carbocycles. The number of carbonyl (C=O) groups is 2. The number of anilines is 1. The summed E-state index contributed by atoms with van der Waals surface area (Å²) in [5.74, 6) is -1.19. The first-order valence-electron chi connectivity index (χ1n) is 6.25. The van der Waals surface area contributed by atoms with Gasteiger partial charge in [-0.3, -0.25) is 9.69 Å². The number of amides is 1. The normalized spacial score (nSPS) is 19.6. The molecular formula is C14H18N2O3. The van der Waals surface area contributed by atoms with Gasteiger partial charge in [0, 0.05) is 6.54 Å². The highest BCUT2D eigenvalue weighted by Gasteiger charge is 2.35. The van der Waals surface area contributed by atoms with Gasteiger partial charge in [0.1, 0.15) is 6.04 Å². The van der Waals surface area contributed by atoms with E-state index in [1.165, 1.54) is 4.90 Å². The molecule has 1 aromatic rings. The van der Waals surface area contributed by atoms with Gasteiger partial charge in [0.2, 0.25) is 5.91 Å². The molecule has 1 fully saturated rings. The van der Waals surface area contributed by atoms with E-state index < -0.39 is 12.0 Å². The summed E-state index contributed by atoms with van der Waals surface area (Å²) in [4.78, 5) is 24.9. The molecule has 0 bridgehead atoms. The van der Waals surface area contributed by atoms with Crippen LogP contribution in [-0.2, 0) is 9.59 Å². The minimum Gasteiger partial charge on any atom is -0.480 e. The van der Waals surface area contributed by atoms with Crippen LogP contribution in [0.15, 0.2) is 12.1 Å². The summed E-state index contributed by atoms with van der Waals surface area (Å²) in [6.07, 6.45) is 0. The van der Waals surface area contributed by atoms with Gasteiger partial charge in [-0.15, -0.1) is 0 Å². The molecule has 2 rings (SSSR count). The zero-order valence-electron chi connectivity index (χ0n) is 11.4. The predicted molar refractivity (Wildman–Crippen MR) is 72.4 cm³/mol.